The van der Waals surface area contributed by atoms with E-state index in [1.54, 1.807) is 30.3 Å². The number of carbonyl (C=O) groups excluding carboxylic acids is 1. The van der Waals surface area contributed by atoms with Crippen LogP contribution < -0.4 is 4.74 Å². The first-order valence-corrected chi connectivity index (χ1v) is 6.90. The maximum Gasteiger partial charge on any atom is 0.343 e. The van der Waals surface area contributed by atoms with E-state index in [0.29, 0.717) is 16.1 Å². The highest BCUT2D eigenvalue weighted by molar-refractivity contribution is 6.36. The first kappa shape index (κ1) is 16.1. The largest absolute Gasteiger partial charge is 0.478 e. The van der Waals surface area contributed by atoms with Gasteiger partial charge in [-0.05, 0) is 30.3 Å². The lowest BCUT2D eigenvalue weighted by atomic mass is 10.1. The van der Waals surface area contributed by atoms with Crippen LogP contribution in [0.25, 0.3) is 6.08 Å². The lowest BCUT2D eigenvalue weighted by Gasteiger charge is -2.10. The standard InChI is InChI=1S/C16H10Cl2O4/c17-12-8-11(6-7-14(19)20)15(13(18)9-12)22-16(21)10-4-2-1-3-5-10/h1-9H,(H,19,20)/b7-6+. The molecule has 0 heterocycles. The smallest absolute Gasteiger partial charge is 0.343 e. The van der Waals surface area contributed by atoms with E-state index in [9.17, 15) is 9.59 Å². The van der Waals surface area contributed by atoms with Gasteiger partial charge in [-0.25, -0.2) is 9.59 Å². The fourth-order valence-electron chi connectivity index (χ4n) is 1.70. The van der Waals surface area contributed by atoms with E-state index in [2.05, 4.69) is 0 Å². The Balaban J connectivity index is 2.37. The fraction of sp³-hybridized carbons (Fsp3) is 0. The molecule has 0 bridgehead atoms. The van der Waals surface area contributed by atoms with Gasteiger partial charge in [0.05, 0.1) is 10.6 Å². The van der Waals surface area contributed by atoms with Crippen molar-refractivity contribution in [2.24, 2.45) is 0 Å². The third kappa shape index (κ3) is 4.10. The van der Waals surface area contributed by atoms with Crippen LogP contribution in [0.3, 0.4) is 0 Å². The van der Waals surface area contributed by atoms with E-state index < -0.39 is 11.9 Å². The van der Waals surface area contributed by atoms with Crippen molar-refractivity contribution in [1.82, 2.24) is 0 Å². The summed E-state index contributed by atoms with van der Waals surface area (Å²) in [5.41, 5.74) is 0.644. The third-order valence-electron chi connectivity index (χ3n) is 2.65. The number of benzene rings is 2. The van der Waals surface area contributed by atoms with Gasteiger partial charge in [-0.15, -0.1) is 0 Å². The zero-order chi connectivity index (χ0) is 16.1. The molecule has 0 aliphatic carbocycles. The summed E-state index contributed by atoms with van der Waals surface area (Å²) in [6.45, 7) is 0. The Bertz CT molecular complexity index is 739. The number of carboxylic acid groups (broad SMARTS) is 1. The second-order valence-corrected chi connectivity index (χ2v) is 5.08. The summed E-state index contributed by atoms with van der Waals surface area (Å²) in [6, 6.07) is 11.2. The van der Waals surface area contributed by atoms with Crippen LogP contribution in [0.5, 0.6) is 5.75 Å². The molecule has 112 valence electrons. The fourth-order valence-corrected chi connectivity index (χ4v) is 2.25. The zero-order valence-electron chi connectivity index (χ0n) is 11.1. The Kier molecular flexibility index (Phi) is 5.20. The van der Waals surface area contributed by atoms with Crippen LogP contribution in [0.4, 0.5) is 0 Å². The van der Waals surface area contributed by atoms with Gasteiger partial charge in [0, 0.05) is 16.7 Å². The van der Waals surface area contributed by atoms with Gasteiger partial charge in [-0.2, -0.15) is 0 Å². The van der Waals surface area contributed by atoms with Crippen LogP contribution in [-0.2, 0) is 4.79 Å². The number of carbonyl (C=O) groups is 2. The van der Waals surface area contributed by atoms with Gasteiger partial charge in [-0.1, -0.05) is 41.4 Å². The van der Waals surface area contributed by atoms with Crippen molar-refractivity contribution in [3.05, 3.63) is 69.7 Å². The molecule has 2 rings (SSSR count). The minimum absolute atomic E-state index is 0.0532. The van der Waals surface area contributed by atoms with E-state index >= 15 is 0 Å². The first-order valence-electron chi connectivity index (χ1n) is 6.14. The number of hydrogen-bond donors (Lipinski definition) is 1. The molecule has 0 saturated carbocycles. The highest BCUT2D eigenvalue weighted by Crippen LogP contribution is 2.34. The molecule has 2 aromatic rings. The van der Waals surface area contributed by atoms with Gasteiger partial charge in [-0.3, -0.25) is 0 Å². The van der Waals surface area contributed by atoms with Crippen molar-refractivity contribution < 1.29 is 19.4 Å². The summed E-state index contributed by atoms with van der Waals surface area (Å²) in [7, 11) is 0. The molecule has 0 saturated heterocycles. The Hall–Kier alpha value is -2.30. The molecule has 0 aromatic heterocycles. The Morgan fingerprint density at radius 1 is 1.09 bits per heavy atom. The Labute approximate surface area is 136 Å². The van der Waals surface area contributed by atoms with Crippen molar-refractivity contribution in [3.8, 4) is 5.75 Å². The maximum absolute atomic E-state index is 12.1. The molecule has 0 radical (unpaired) electrons. The van der Waals surface area contributed by atoms with Crippen LogP contribution in [0.2, 0.25) is 10.0 Å². The van der Waals surface area contributed by atoms with Crippen LogP contribution in [0.1, 0.15) is 15.9 Å². The van der Waals surface area contributed by atoms with Gasteiger partial charge in [0.25, 0.3) is 0 Å². The average molecular weight is 337 g/mol. The molecule has 1 N–H and O–H groups in total. The van der Waals surface area contributed by atoms with Crippen molar-refractivity contribution in [2.45, 2.75) is 0 Å². The van der Waals surface area contributed by atoms with E-state index in [4.69, 9.17) is 33.0 Å². The lowest BCUT2D eigenvalue weighted by Crippen LogP contribution is -2.09. The van der Waals surface area contributed by atoms with Crippen LogP contribution in [-0.4, -0.2) is 17.0 Å². The summed E-state index contributed by atoms with van der Waals surface area (Å²) >= 11 is 11.9. The molecule has 0 fully saturated rings. The number of ether oxygens (including phenoxy) is 1. The summed E-state index contributed by atoms with van der Waals surface area (Å²) in [4.78, 5) is 22.7. The predicted octanol–water partition coefficient (Wildman–Crippen LogP) is 4.31. The topological polar surface area (TPSA) is 63.6 Å². The summed E-state index contributed by atoms with van der Waals surface area (Å²) in [5, 5.41) is 9.12. The Morgan fingerprint density at radius 2 is 1.77 bits per heavy atom. The highest BCUT2D eigenvalue weighted by Gasteiger charge is 2.15. The van der Waals surface area contributed by atoms with Crippen LogP contribution >= 0.6 is 23.2 Å². The molecule has 0 atom stereocenters. The van der Waals surface area contributed by atoms with E-state index in [0.717, 1.165) is 6.08 Å². The minimum atomic E-state index is -1.14. The molecule has 0 aliphatic heterocycles. The van der Waals surface area contributed by atoms with Gasteiger partial charge in [0.1, 0.15) is 0 Å². The zero-order valence-corrected chi connectivity index (χ0v) is 12.6. The molecule has 2 aromatic carbocycles. The molecule has 0 unspecified atom stereocenters. The quantitative estimate of drug-likeness (QED) is 0.513. The molecule has 6 heteroatoms. The molecule has 4 nitrogen and oxygen atoms in total. The van der Waals surface area contributed by atoms with Gasteiger partial charge < -0.3 is 9.84 Å². The number of hydrogen-bond acceptors (Lipinski definition) is 3. The lowest BCUT2D eigenvalue weighted by molar-refractivity contribution is -0.131. The number of esters is 1. The highest BCUT2D eigenvalue weighted by atomic mass is 35.5. The van der Waals surface area contributed by atoms with Gasteiger partial charge in [0.15, 0.2) is 5.75 Å². The predicted molar refractivity (Wildman–Crippen MR) is 84.5 cm³/mol. The number of aliphatic carboxylic acids is 1. The molecule has 0 amide bonds. The van der Waals surface area contributed by atoms with E-state index in [-0.39, 0.29) is 10.8 Å². The molecule has 0 spiro atoms. The summed E-state index contributed by atoms with van der Waals surface area (Å²) in [6.07, 6.45) is 2.16. The van der Waals surface area contributed by atoms with Crippen molar-refractivity contribution in [1.29, 1.82) is 0 Å². The number of rotatable bonds is 4. The SMILES string of the molecule is O=C(O)/C=C/c1cc(Cl)cc(Cl)c1OC(=O)c1ccccc1. The maximum atomic E-state index is 12.1. The van der Waals surface area contributed by atoms with Gasteiger partial charge >= 0.3 is 11.9 Å². The van der Waals surface area contributed by atoms with Crippen LogP contribution in [0, 0.1) is 0 Å². The van der Waals surface area contributed by atoms with Crippen LogP contribution in [0.15, 0.2) is 48.5 Å². The summed E-state index contributed by atoms with van der Waals surface area (Å²) in [5.74, 6) is -1.69. The molecule has 22 heavy (non-hydrogen) atoms. The van der Waals surface area contributed by atoms with Crippen molar-refractivity contribution in [3.63, 3.8) is 0 Å². The second-order valence-electron chi connectivity index (χ2n) is 4.23. The van der Waals surface area contributed by atoms with Crippen molar-refractivity contribution in [2.75, 3.05) is 0 Å². The Morgan fingerprint density at radius 3 is 2.41 bits per heavy atom. The normalized spacial score (nSPS) is 10.6. The first-order chi connectivity index (χ1) is 10.5. The monoisotopic (exact) mass is 336 g/mol. The third-order valence-corrected chi connectivity index (χ3v) is 3.15. The average Bonchev–Trinajstić information content (AvgIpc) is 2.48. The second kappa shape index (κ2) is 7.11. The number of carboxylic acids is 1. The number of halogens is 2. The van der Waals surface area contributed by atoms with E-state index in [1.807, 2.05) is 0 Å². The molecular weight excluding hydrogens is 327 g/mol. The van der Waals surface area contributed by atoms with Gasteiger partial charge in [0.2, 0.25) is 0 Å². The van der Waals surface area contributed by atoms with Crippen molar-refractivity contribution >= 4 is 41.2 Å². The minimum Gasteiger partial charge on any atom is -0.478 e. The van der Waals surface area contributed by atoms with E-state index in [1.165, 1.54) is 18.2 Å². The molecular formula is C16H10Cl2O4. The summed E-state index contributed by atoms with van der Waals surface area (Å²) < 4.78 is 5.28. The molecule has 0 aliphatic rings.